The fraction of sp³-hybridized carbons (Fsp3) is 0.200. The van der Waals surface area contributed by atoms with Gasteiger partial charge in [-0.2, -0.15) is 0 Å². The minimum atomic E-state index is -3.62. The summed E-state index contributed by atoms with van der Waals surface area (Å²) in [6.07, 6.45) is 0. The Morgan fingerprint density at radius 3 is 2.45 bits per heavy atom. The van der Waals surface area contributed by atoms with Crippen molar-refractivity contribution >= 4 is 15.7 Å². The zero-order valence-electron chi connectivity index (χ0n) is 11.6. The van der Waals surface area contributed by atoms with Gasteiger partial charge in [-0.1, -0.05) is 35.9 Å². The summed E-state index contributed by atoms with van der Waals surface area (Å²) in [6.45, 7) is 4.03. The maximum atomic E-state index is 12.5. The van der Waals surface area contributed by atoms with Crippen LogP contribution < -0.4 is 10.5 Å². The quantitative estimate of drug-likeness (QED) is 0.909. The lowest BCUT2D eigenvalue weighted by molar-refractivity contribution is 0.600. The standard InChI is InChI=1S/C15H18N2O2S/c1-11-7-8-14(12(2)9-11)17-20(18,19)15-6-4-3-5-13(15)10-16/h3-9,17H,10,16H2,1-2H3. The van der Waals surface area contributed by atoms with Crippen LogP contribution in [0.4, 0.5) is 5.69 Å². The van der Waals surface area contributed by atoms with Crippen LogP contribution in [0.15, 0.2) is 47.4 Å². The first-order chi connectivity index (χ1) is 9.44. The number of hydrogen-bond acceptors (Lipinski definition) is 3. The summed E-state index contributed by atoms with van der Waals surface area (Å²) in [6, 6.07) is 12.3. The van der Waals surface area contributed by atoms with Crippen molar-refractivity contribution in [1.29, 1.82) is 0 Å². The van der Waals surface area contributed by atoms with E-state index in [4.69, 9.17) is 5.73 Å². The SMILES string of the molecule is Cc1ccc(NS(=O)(=O)c2ccccc2CN)c(C)c1. The summed E-state index contributed by atoms with van der Waals surface area (Å²) in [7, 11) is -3.62. The Bertz CT molecular complexity index is 724. The second kappa shape index (κ2) is 5.64. The molecule has 0 amide bonds. The van der Waals surface area contributed by atoms with Gasteiger partial charge >= 0.3 is 0 Å². The summed E-state index contributed by atoms with van der Waals surface area (Å²) in [5.41, 5.74) is 8.76. The van der Waals surface area contributed by atoms with Gasteiger partial charge in [0.15, 0.2) is 0 Å². The highest BCUT2D eigenvalue weighted by molar-refractivity contribution is 7.92. The molecule has 5 heteroatoms. The predicted molar refractivity (Wildman–Crippen MR) is 81.1 cm³/mol. The minimum absolute atomic E-state index is 0.184. The molecule has 20 heavy (non-hydrogen) atoms. The van der Waals surface area contributed by atoms with E-state index in [1.54, 1.807) is 30.3 Å². The maximum absolute atomic E-state index is 12.5. The third-order valence-electron chi connectivity index (χ3n) is 3.11. The van der Waals surface area contributed by atoms with E-state index in [-0.39, 0.29) is 11.4 Å². The molecule has 2 aromatic carbocycles. The third-order valence-corrected chi connectivity index (χ3v) is 4.57. The molecule has 0 unspecified atom stereocenters. The highest BCUT2D eigenvalue weighted by atomic mass is 32.2. The molecule has 0 heterocycles. The number of nitrogens with one attached hydrogen (secondary N) is 1. The molecule has 0 radical (unpaired) electrons. The Morgan fingerprint density at radius 2 is 1.80 bits per heavy atom. The Morgan fingerprint density at radius 1 is 1.10 bits per heavy atom. The molecule has 106 valence electrons. The van der Waals surface area contributed by atoms with E-state index >= 15 is 0 Å². The van der Waals surface area contributed by atoms with Gasteiger partial charge in [-0.3, -0.25) is 4.72 Å². The summed E-state index contributed by atoms with van der Waals surface area (Å²) >= 11 is 0. The molecular formula is C15H18N2O2S. The van der Waals surface area contributed by atoms with Gasteiger partial charge in [0.1, 0.15) is 0 Å². The van der Waals surface area contributed by atoms with Crippen LogP contribution in [0.3, 0.4) is 0 Å². The zero-order chi connectivity index (χ0) is 14.8. The number of hydrogen-bond donors (Lipinski definition) is 2. The van der Waals surface area contributed by atoms with Crippen LogP contribution >= 0.6 is 0 Å². The van der Waals surface area contributed by atoms with Gasteiger partial charge in [0.05, 0.1) is 10.6 Å². The van der Waals surface area contributed by atoms with Crippen molar-refractivity contribution in [3.8, 4) is 0 Å². The summed E-state index contributed by atoms with van der Waals surface area (Å²) in [5, 5.41) is 0. The van der Waals surface area contributed by atoms with E-state index in [0.717, 1.165) is 11.1 Å². The van der Waals surface area contributed by atoms with Crippen molar-refractivity contribution in [3.05, 3.63) is 59.2 Å². The number of sulfonamides is 1. The van der Waals surface area contributed by atoms with Crippen molar-refractivity contribution in [2.24, 2.45) is 5.73 Å². The molecule has 0 aliphatic rings. The molecule has 2 rings (SSSR count). The van der Waals surface area contributed by atoms with E-state index in [1.165, 1.54) is 0 Å². The van der Waals surface area contributed by atoms with Gasteiger partial charge in [0, 0.05) is 6.54 Å². The lowest BCUT2D eigenvalue weighted by Crippen LogP contribution is -2.16. The van der Waals surface area contributed by atoms with Crippen LogP contribution in [-0.2, 0) is 16.6 Å². The molecular weight excluding hydrogens is 272 g/mol. The van der Waals surface area contributed by atoms with Crippen molar-refractivity contribution in [2.75, 3.05) is 4.72 Å². The number of aryl methyl sites for hydroxylation is 2. The van der Waals surface area contributed by atoms with Gasteiger partial charge in [-0.25, -0.2) is 8.42 Å². The first-order valence-electron chi connectivity index (χ1n) is 6.32. The molecule has 0 atom stereocenters. The molecule has 2 aromatic rings. The Balaban J connectivity index is 2.41. The monoisotopic (exact) mass is 290 g/mol. The average molecular weight is 290 g/mol. The van der Waals surface area contributed by atoms with Crippen molar-refractivity contribution < 1.29 is 8.42 Å². The van der Waals surface area contributed by atoms with Crippen LogP contribution in [0.1, 0.15) is 16.7 Å². The van der Waals surface area contributed by atoms with Crippen LogP contribution in [0.2, 0.25) is 0 Å². The zero-order valence-corrected chi connectivity index (χ0v) is 12.4. The molecule has 0 saturated heterocycles. The normalized spacial score (nSPS) is 11.3. The average Bonchev–Trinajstić information content (AvgIpc) is 2.42. The highest BCUT2D eigenvalue weighted by Gasteiger charge is 2.18. The number of rotatable bonds is 4. The summed E-state index contributed by atoms with van der Waals surface area (Å²) in [5.74, 6) is 0. The first-order valence-corrected chi connectivity index (χ1v) is 7.80. The molecule has 0 bridgehead atoms. The van der Waals surface area contributed by atoms with Crippen molar-refractivity contribution in [3.63, 3.8) is 0 Å². The number of nitrogens with two attached hydrogens (primary N) is 1. The molecule has 0 spiro atoms. The van der Waals surface area contributed by atoms with E-state index in [0.29, 0.717) is 11.3 Å². The number of benzene rings is 2. The van der Waals surface area contributed by atoms with Crippen LogP contribution in [0.25, 0.3) is 0 Å². The fourth-order valence-electron chi connectivity index (χ4n) is 2.06. The largest absolute Gasteiger partial charge is 0.326 e. The van der Waals surface area contributed by atoms with E-state index in [1.807, 2.05) is 26.0 Å². The summed E-state index contributed by atoms with van der Waals surface area (Å²) < 4.78 is 27.5. The van der Waals surface area contributed by atoms with Crippen LogP contribution in [-0.4, -0.2) is 8.42 Å². The molecule has 0 aliphatic carbocycles. The second-order valence-corrected chi connectivity index (χ2v) is 6.39. The number of anilines is 1. The van der Waals surface area contributed by atoms with E-state index in [9.17, 15) is 8.42 Å². The first kappa shape index (κ1) is 14.6. The lowest BCUT2D eigenvalue weighted by Gasteiger charge is -2.13. The maximum Gasteiger partial charge on any atom is 0.262 e. The molecule has 0 aliphatic heterocycles. The van der Waals surface area contributed by atoms with Gasteiger partial charge in [0.2, 0.25) is 0 Å². The van der Waals surface area contributed by atoms with Crippen LogP contribution in [0, 0.1) is 13.8 Å². The minimum Gasteiger partial charge on any atom is -0.326 e. The van der Waals surface area contributed by atoms with Gasteiger partial charge in [-0.05, 0) is 37.1 Å². The van der Waals surface area contributed by atoms with Gasteiger partial charge < -0.3 is 5.73 Å². The molecule has 4 nitrogen and oxygen atoms in total. The van der Waals surface area contributed by atoms with Crippen molar-refractivity contribution in [1.82, 2.24) is 0 Å². The molecule has 0 fully saturated rings. The Hall–Kier alpha value is -1.85. The Labute approximate surface area is 119 Å². The second-order valence-electron chi connectivity index (χ2n) is 4.74. The van der Waals surface area contributed by atoms with E-state index in [2.05, 4.69) is 4.72 Å². The Kier molecular flexibility index (Phi) is 4.11. The fourth-order valence-corrected chi connectivity index (χ4v) is 3.45. The summed E-state index contributed by atoms with van der Waals surface area (Å²) in [4.78, 5) is 0.225. The van der Waals surface area contributed by atoms with E-state index < -0.39 is 10.0 Å². The van der Waals surface area contributed by atoms with Gasteiger partial charge in [0.25, 0.3) is 10.0 Å². The smallest absolute Gasteiger partial charge is 0.262 e. The lowest BCUT2D eigenvalue weighted by atomic mass is 10.1. The molecule has 0 aromatic heterocycles. The van der Waals surface area contributed by atoms with Gasteiger partial charge in [-0.15, -0.1) is 0 Å². The predicted octanol–water partition coefficient (Wildman–Crippen LogP) is 2.56. The molecule has 3 N–H and O–H groups in total. The highest BCUT2D eigenvalue weighted by Crippen LogP contribution is 2.22. The molecule has 0 saturated carbocycles. The van der Waals surface area contributed by atoms with Crippen LogP contribution in [0.5, 0.6) is 0 Å². The third kappa shape index (κ3) is 3.00. The topological polar surface area (TPSA) is 72.2 Å². The van der Waals surface area contributed by atoms with Crippen molar-refractivity contribution in [2.45, 2.75) is 25.3 Å².